The number of hydrogen-bond donors (Lipinski definition) is 0. The van der Waals surface area contributed by atoms with Gasteiger partial charge in [0.15, 0.2) is 20.2 Å². The Morgan fingerprint density at radius 2 is 1.06 bits per heavy atom. The van der Waals surface area contributed by atoms with E-state index in [4.69, 9.17) is 37.0 Å². The quantitative estimate of drug-likeness (QED) is 0.0834. The van der Waals surface area contributed by atoms with Crippen LogP contribution in [-0.4, -0.2) is 84.9 Å². The molecule has 2 aromatic rings. The third-order valence-corrected chi connectivity index (χ3v) is 6.30. The maximum absolute atomic E-state index is 11.6. The van der Waals surface area contributed by atoms with E-state index in [0.29, 0.717) is 24.7 Å². The maximum Gasteiger partial charge on any atom is 2.00 e. The van der Waals surface area contributed by atoms with Gasteiger partial charge in [0.05, 0.1) is 0 Å². The van der Waals surface area contributed by atoms with E-state index in [1.54, 1.807) is 22.2 Å². The van der Waals surface area contributed by atoms with Crippen molar-refractivity contribution in [2.75, 3.05) is 36.0 Å². The van der Waals surface area contributed by atoms with E-state index >= 15 is 0 Å². The molecule has 2 amide bonds. The molecule has 47 heavy (non-hydrogen) atoms. The van der Waals surface area contributed by atoms with Crippen LogP contribution in [0.15, 0.2) is 46.9 Å². The van der Waals surface area contributed by atoms with E-state index < -0.39 is 31.3 Å². The Balaban J connectivity index is 0.000000625. The monoisotopic (exact) mass is 767 g/mol. The van der Waals surface area contributed by atoms with Gasteiger partial charge >= 0.3 is 28.1 Å². The van der Waals surface area contributed by atoms with Crippen LogP contribution in [-0.2, 0) is 59.7 Å². The van der Waals surface area contributed by atoms with Crippen LogP contribution in [0.3, 0.4) is 0 Å². The van der Waals surface area contributed by atoms with Crippen molar-refractivity contribution in [3.63, 3.8) is 0 Å². The summed E-state index contributed by atoms with van der Waals surface area (Å²) in [7, 11) is -12.2. The number of azide groups is 2. The molecule has 2 aliphatic heterocycles. The van der Waals surface area contributed by atoms with E-state index in [9.17, 15) is 35.9 Å². The Hall–Kier alpha value is -4.22. The molecular formula is C20H18CuF6N10O8S2. The predicted octanol–water partition coefficient (Wildman–Crippen LogP) is 2.66. The van der Waals surface area contributed by atoms with Gasteiger partial charge in [-0.2, -0.15) is 26.3 Å². The zero-order valence-electron chi connectivity index (χ0n) is 22.8. The zero-order chi connectivity index (χ0) is 35.3. The molecule has 1 radical (unpaired) electrons. The molecule has 0 unspecified atom stereocenters. The summed E-state index contributed by atoms with van der Waals surface area (Å²) in [5, 5.41) is 6.50. The summed E-state index contributed by atoms with van der Waals surface area (Å²) in [6, 6.07) is 7.59. The van der Waals surface area contributed by atoms with Crippen molar-refractivity contribution in [2.45, 2.75) is 23.9 Å². The number of carbonyl (C=O) groups excluding carboxylic acids is 2. The number of halogens is 6. The maximum atomic E-state index is 11.6. The predicted molar refractivity (Wildman–Crippen MR) is 140 cm³/mol. The molecule has 0 atom stereocenters. The van der Waals surface area contributed by atoms with Gasteiger partial charge in [-0.25, -0.2) is 26.8 Å². The number of amides is 2. The van der Waals surface area contributed by atoms with Gasteiger partial charge < -0.3 is 9.11 Å². The van der Waals surface area contributed by atoms with Gasteiger partial charge in [-0.15, -0.1) is 0 Å². The Bertz CT molecular complexity index is 1590. The van der Waals surface area contributed by atoms with Crippen molar-refractivity contribution in [3.8, 4) is 0 Å². The number of alkyl halides is 6. The van der Waals surface area contributed by atoms with Crippen LogP contribution in [0.2, 0.25) is 0 Å². The van der Waals surface area contributed by atoms with Crippen LogP contribution in [0, 0.1) is 0 Å². The van der Waals surface area contributed by atoms with Gasteiger partial charge in [0.1, 0.15) is 24.7 Å². The molecule has 0 bridgehead atoms. The zero-order valence-corrected chi connectivity index (χ0v) is 25.4. The second-order valence-electron chi connectivity index (χ2n) is 8.14. The van der Waals surface area contributed by atoms with Gasteiger partial charge in [-0.3, -0.25) is 19.4 Å². The number of aromatic nitrogens is 2. The van der Waals surface area contributed by atoms with Gasteiger partial charge in [0, 0.05) is 35.3 Å². The summed E-state index contributed by atoms with van der Waals surface area (Å²) < 4.78 is 118. The number of rotatable bonds is 4. The van der Waals surface area contributed by atoms with E-state index in [-0.39, 0.29) is 42.0 Å². The van der Waals surface area contributed by atoms with Crippen LogP contribution in [0.4, 0.5) is 38.0 Å². The van der Waals surface area contributed by atoms with Crippen molar-refractivity contribution in [1.29, 1.82) is 0 Å². The molecule has 0 saturated carbocycles. The largest absolute Gasteiger partial charge is 2.00 e. The second kappa shape index (κ2) is 18.2. The van der Waals surface area contributed by atoms with Crippen molar-refractivity contribution in [1.82, 2.24) is 9.97 Å². The first-order valence-corrected chi connectivity index (χ1v) is 14.5. The molecule has 0 fully saturated rings. The smallest absolute Gasteiger partial charge is 0.741 e. The summed E-state index contributed by atoms with van der Waals surface area (Å²) in [4.78, 5) is 39.7. The van der Waals surface area contributed by atoms with Gasteiger partial charge in [-0.1, -0.05) is 22.4 Å². The molecule has 0 spiro atoms. The number of pyridine rings is 2. The number of hydrogen-bond acceptors (Lipinski definition) is 12. The summed E-state index contributed by atoms with van der Waals surface area (Å²) >= 11 is 0. The SMILES string of the molecule is O=S(=O)([O-])C(F)(F)F.O=S(=O)([O-])C(F)(F)F.[Cu+2].[N-]=[N+]=NCC(=O)N1CCc2cccnc21.[N-]=[N+]=NCC(=O)N1CCc2cccnc21. The molecule has 27 heteroatoms. The molecule has 0 N–H and O–H groups in total. The van der Waals surface area contributed by atoms with E-state index in [2.05, 4.69) is 30.0 Å². The summed E-state index contributed by atoms with van der Waals surface area (Å²) in [5.41, 5.74) is 7.08. The molecule has 4 rings (SSSR count). The van der Waals surface area contributed by atoms with Crippen LogP contribution in [0.25, 0.3) is 20.9 Å². The standard InChI is InChI=1S/2C9H9N5O.2CHF3O3S.Cu/c2*10-13-12-6-8(15)14-5-3-7-2-1-4-11-9(7)14;2*2-1(3,4)8(5,6)7;/h2*1-2,4H,3,5-6H2;2*(H,5,6,7);/q;;;;+2/p-2. The molecular weight excluding hydrogens is 750 g/mol. The van der Waals surface area contributed by atoms with Gasteiger partial charge in [-0.05, 0) is 47.2 Å². The first-order valence-electron chi connectivity index (χ1n) is 11.7. The normalized spacial score (nSPS) is 13.2. The fraction of sp³-hybridized carbons (Fsp3) is 0.400. The Morgan fingerprint density at radius 1 is 0.766 bits per heavy atom. The third-order valence-electron chi connectivity index (χ3n) is 5.16. The Morgan fingerprint density at radius 3 is 1.32 bits per heavy atom. The van der Waals surface area contributed by atoms with Crippen LogP contribution in [0.1, 0.15) is 11.1 Å². The fourth-order valence-corrected chi connectivity index (χ4v) is 3.25. The number of anilines is 2. The molecule has 0 saturated heterocycles. The number of carbonyl (C=O) groups is 2. The second-order valence-corrected chi connectivity index (χ2v) is 10.9. The van der Waals surface area contributed by atoms with Crippen molar-refractivity contribution in [2.24, 2.45) is 10.2 Å². The van der Waals surface area contributed by atoms with Gasteiger partial charge in [0.2, 0.25) is 11.8 Å². The van der Waals surface area contributed by atoms with Crippen molar-refractivity contribution >= 4 is 43.7 Å². The van der Waals surface area contributed by atoms with Crippen molar-refractivity contribution < 1.29 is 78.9 Å². The summed E-state index contributed by atoms with van der Waals surface area (Å²) in [5.74, 6) is 0.974. The van der Waals surface area contributed by atoms with Crippen molar-refractivity contribution in [3.05, 3.63) is 68.7 Å². The minimum atomic E-state index is -6.09. The molecule has 4 heterocycles. The average Bonchev–Trinajstić information content (AvgIpc) is 3.58. The molecule has 0 aromatic carbocycles. The van der Waals surface area contributed by atoms with Crippen LogP contribution >= 0.6 is 0 Å². The fourth-order valence-electron chi connectivity index (χ4n) is 3.25. The Labute approximate surface area is 271 Å². The number of fused-ring (bicyclic) bond motifs is 2. The minimum absolute atomic E-state index is 0. The van der Waals surface area contributed by atoms with Crippen LogP contribution in [0.5, 0.6) is 0 Å². The summed E-state index contributed by atoms with van der Waals surface area (Å²) in [6.07, 6.45) is 4.92. The first-order chi connectivity index (χ1) is 21.2. The molecule has 261 valence electrons. The minimum Gasteiger partial charge on any atom is -0.741 e. The van der Waals surface area contributed by atoms with E-state index in [1.807, 2.05) is 24.3 Å². The first kappa shape index (κ1) is 42.8. The van der Waals surface area contributed by atoms with E-state index in [1.165, 1.54) is 0 Å². The third kappa shape index (κ3) is 13.6. The molecule has 2 aromatic heterocycles. The average molecular weight is 768 g/mol. The van der Waals surface area contributed by atoms with Gasteiger partial charge in [0.25, 0.3) is 0 Å². The molecule has 0 aliphatic carbocycles. The summed E-state index contributed by atoms with van der Waals surface area (Å²) in [6.45, 7) is 0.942. The molecule has 2 aliphatic rings. The number of nitrogens with zero attached hydrogens (tertiary/aromatic N) is 10. The van der Waals surface area contributed by atoms with E-state index in [0.717, 1.165) is 24.0 Å². The van der Waals surface area contributed by atoms with Crippen LogP contribution < -0.4 is 9.80 Å². The molecule has 18 nitrogen and oxygen atoms in total. The Kier molecular flexibility index (Phi) is 16.6. The topological polar surface area (TPSA) is 278 Å².